The number of anilines is 1. The number of nitrogen functional groups attached to an aromatic ring is 1. The van der Waals surface area contributed by atoms with Crippen molar-refractivity contribution in [3.63, 3.8) is 0 Å². The first-order valence-corrected chi connectivity index (χ1v) is 12.3. The van der Waals surface area contributed by atoms with Gasteiger partial charge in [-0.15, -0.1) is 23.1 Å². The first kappa shape index (κ1) is 24.0. The zero-order valence-corrected chi connectivity index (χ0v) is 20.2. The van der Waals surface area contributed by atoms with Gasteiger partial charge >= 0.3 is 0 Å². The summed E-state index contributed by atoms with van der Waals surface area (Å²) in [4.78, 5) is 47.6. The number of aliphatic carboxylic acids is 1. The molecular formula is C21H24N6O5S2. The van der Waals surface area contributed by atoms with Gasteiger partial charge < -0.3 is 30.3 Å². The highest BCUT2D eigenvalue weighted by Crippen LogP contribution is 2.40. The number of oxime groups is 1. The molecule has 2 amide bonds. The number of likely N-dealkylation sites (N-methyl/N-ethyl adjacent to an activating group) is 1. The van der Waals surface area contributed by atoms with Crippen molar-refractivity contribution >= 4 is 51.7 Å². The van der Waals surface area contributed by atoms with Crippen LogP contribution in [0.3, 0.4) is 0 Å². The minimum absolute atomic E-state index is 0.130. The van der Waals surface area contributed by atoms with Gasteiger partial charge in [-0.3, -0.25) is 14.5 Å². The predicted octanol–water partition coefficient (Wildman–Crippen LogP) is -0.948. The predicted molar refractivity (Wildman–Crippen MR) is 126 cm³/mol. The van der Waals surface area contributed by atoms with Gasteiger partial charge in [-0.25, -0.2) is 4.98 Å². The normalized spacial score (nSPS) is 23.8. The summed E-state index contributed by atoms with van der Waals surface area (Å²) < 4.78 is 0.812. The van der Waals surface area contributed by atoms with E-state index in [-0.39, 0.29) is 22.2 Å². The number of aromatic nitrogens is 1. The Morgan fingerprint density at radius 3 is 2.79 bits per heavy atom. The molecule has 3 aliphatic heterocycles. The number of nitrogens with zero attached hydrogens (tertiary/aromatic N) is 4. The Morgan fingerprint density at radius 2 is 2.18 bits per heavy atom. The van der Waals surface area contributed by atoms with Crippen LogP contribution in [-0.2, 0) is 19.2 Å². The van der Waals surface area contributed by atoms with Gasteiger partial charge in [-0.05, 0) is 23.8 Å². The van der Waals surface area contributed by atoms with E-state index in [0.29, 0.717) is 11.3 Å². The number of carboxylic acid groups (broad SMARTS) is 1. The fraction of sp³-hybridized carbons (Fsp3) is 0.381. The summed E-state index contributed by atoms with van der Waals surface area (Å²) in [5.41, 5.74) is 6.08. The number of β-lactam (4-membered cyclic amide) rings is 1. The Morgan fingerprint density at radius 1 is 1.44 bits per heavy atom. The lowest BCUT2D eigenvalue weighted by molar-refractivity contribution is -0.887. The lowest BCUT2D eigenvalue weighted by Crippen LogP contribution is -2.71. The molecule has 1 fully saturated rings. The van der Waals surface area contributed by atoms with Crippen molar-refractivity contribution in [1.82, 2.24) is 15.2 Å². The van der Waals surface area contributed by atoms with Gasteiger partial charge in [0.05, 0.1) is 38.3 Å². The van der Waals surface area contributed by atoms with Crippen molar-refractivity contribution in [3.8, 4) is 0 Å². The third-order valence-corrected chi connectivity index (χ3v) is 7.74. The number of nitrogens with one attached hydrogen (secondary N) is 1. The number of quaternary nitrogens is 1. The van der Waals surface area contributed by atoms with Gasteiger partial charge in [0.2, 0.25) is 0 Å². The van der Waals surface area contributed by atoms with Crippen LogP contribution in [-0.4, -0.2) is 88.8 Å². The lowest BCUT2D eigenvalue weighted by Gasteiger charge is -2.50. The number of carbonyl (C=O) groups excluding carboxylic acids is 3. The van der Waals surface area contributed by atoms with E-state index in [4.69, 9.17) is 10.6 Å². The SMILES string of the molecule is CO/N=C(\C(=O)NC1C(=O)N2C(C(=O)[O-])=C(/C=C/C[N+]3(C)CC=CC3)CS[C@H]12)c1csc(N)n1. The van der Waals surface area contributed by atoms with Crippen LogP contribution < -0.4 is 16.2 Å². The molecule has 4 heterocycles. The van der Waals surface area contributed by atoms with E-state index in [1.54, 1.807) is 11.5 Å². The van der Waals surface area contributed by atoms with Crippen molar-refractivity contribution in [2.24, 2.45) is 5.16 Å². The third-order valence-electron chi connectivity index (χ3n) is 5.76. The number of thioether (sulfide) groups is 1. The third kappa shape index (κ3) is 4.58. The number of hydrogen-bond acceptors (Lipinski definition) is 10. The Labute approximate surface area is 204 Å². The maximum absolute atomic E-state index is 12.9. The highest BCUT2D eigenvalue weighted by molar-refractivity contribution is 8.00. The Kier molecular flexibility index (Phi) is 6.77. The molecule has 0 bridgehead atoms. The van der Waals surface area contributed by atoms with Gasteiger partial charge in [0.25, 0.3) is 11.8 Å². The number of rotatable bonds is 8. The van der Waals surface area contributed by atoms with Gasteiger partial charge in [-0.2, -0.15) is 0 Å². The van der Waals surface area contributed by atoms with Crippen molar-refractivity contribution < 1.29 is 28.8 Å². The van der Waals surface area contributed by atoms with Crippen LogP contribution in [0.4, 0.5) is 5.13 Å². The molecule has 13 heteroatoms. The monoisotopic (exact) mass is 504 g/mol. The highest BCUT2D eigenvalue weighted by atomic mass is 32.2. The van der Waals surface area contributed by atoms with E-state index in [9.17, 15) is 19.5 Å². The average Bonchev–Trinajstić information content (AvgIpc) is 3.43. The Bertz CT molecular complexity index is 1130. The minimum atomic E-state index is -1.43. The summed E-state index contributed by atoms with van der Waals surface area (Å²) in [6, 6.07) is -0.921. The molecule has 3 aliphatic rings. The first-order chi connectivity index (χ1) is 16.2. The number of carbonyl (C=O) groups is 3. The highest BCUT2D eigenvalue weighted by Gasteiger charge is 2.53. The summed E-state index contributed by atoms with van der Waals surface area (Å²) in [5.74, 6) is -2.27. The van der Waals surface area contributed by atoms with Crippen LogP contribution in [0.15, 0.2) is 46.1 Å². The molecule has 34 heavy (non-hydrogen) atoms. The van der Waals surface area contributed by atoms with Crippen LogP contribution in [0.2, 0.25) is 0 Å². The van der Waals surface area contributed by atoms with Crippen molar-refractivity contribution in [2.75, 3.05) is 45.3 Å². The zero-order valence-electron chi connectivity index (χ0n) is 18.6. The fourth-order valence-electron chi connectivity index (χ4n) is 3.99. The van der Waals surface area contributed by atoms with Gasteiger partial charge in [-0.1, -0.05) is 11.2 Å². The molecular weight excluding hydrogens is 480 g/mol. The quantitative estimate of drug-likeness (QED) is 0.151. The summed E-state index contributed by atoms with van der Waals surface area (Å²) in [6.45, 7) is 2.57. The number of carboxylic acids is 1. The van der Waals surface area contributed by atoms with E-state index >= 15 is 0 Å². The molecule has 3 N–H and O–H groups in total. The minimum Gasteiger partial charge on any atom is -0.543 e. The van der Waals surface area contributed by atoms with E-state index in [0.717, 1.165) is 35.5 Å². The second-order valence-electron chi connectivity index (χ2n) is 8.26. The largest absolute Gasteiger partial charge is 0.543 e. The number of thiazole rings is 1. The van der Waals surface area contributed by atoms with Gasteiger partial charge in [0.15, 0.2) is 10.8 Å². The summed E-state index contributed by atoms with van der Waals surface area (Å²) in [7, 11) is 3.40. The van der Waals surface area contributed by atoms with E-state index in [1.807, 2.05) is 6.08 Å². The van der Waals surface area contributed by atoms with Crippen LogP contribution in [0.1, 0.15) is 5.69 Å². The molecule has 0 radical (unpaired) electrons. The molecule has 1 unspecified atom stereocenters. The zero-order chi connectivity index (χ0) is 24.5. The number of allylic oxidation sites excluding steroid dienone is 1. The molecule has 180 valence electrons. The lowest BCUT2D eigenvalue weighted by atomic mass is 10.0. The molecule has 2 atom stereocenters. The van der Waals surface area contributed by atoms with Crippen LogP contribution in [0, 0.1) is 0 Å². The van der Waals surface area contributed by atoms with Crippen molar-refractivity contribution in [2.45, 2.75) is 11.4 Å². The summed E-state index contributed by atoms with van der Waals surface area (Å²) >= 11 is 2.50. The molecule has 4 rings (SSSR count). The molecule has 1 aromatic rings. The molecule has 0 spiro atoms. The molecule has 1 aromatic heterocycles. The standard InChI is InChI=1S/C21H24N6O5S2/c1-27(7-3-4-8-27)9-5-6-12-10-33-19-15(18(29)26(19)16(12)20(30)31)24-17(28)14(25-32-2)13-11-34-21(22)23-13/h3-6,11,15,19H,7-10H2,1-2H3,(H3-,22,23,24,28,30,31)/b6-5+,25-14-/t15?,19-/m1/s1. The molecule has 1 saturated heterocycles. The Hall–Kier alpha value is -3.16. The summed E-state index contributed by atoms with van der Waals surface area (Å²) in [6.07, 6.45) is 7.94. The molecule has 0 aromatic carbocycles. The van der Waals surface area contributed by atoms with Crippen LogP contribution in [0.5, 0.6) is 0 Å². The molecule has 0 saturated carbocycles. The van der Waals surface area contributed by atoms with Crippen LogP contribution >= 0.6 is 23.1 Å². The van der Waals surface area contributed by atoms with Gasteiger partial charge in [0.1, 0.15) is 24.2 Å². The second-order valence-corrected chi connectivity index (χ2v) is 10.3. The number of amides is 2. The molecule has 11 nitrogen and oxygen atoms in total. The van der Waals surface area contributed by atoms with E-state index < -0.39 is 29.2 Å². The topological polar surface area (TPSA) is 150 Å². The van der Waals surface area contributed by atoms with E-state index in [1.165, 1.54) is 23.8 Å². The van der Waals surface area contributed by atoms with Crippen LogP contribution in [0.25, 0.3) is 0 Å². The van der Waals surface area contributed by atoms with E-state index in [2.05, 4.69) is 34.7 Å². The van der Waals surface area contributed by atoms with Crippen molar-refractivity contribution in [1.29, 1.82) is 0 Å². The second kappa shape index (κ2) is 9.60. The first-order valence-electron chi connectivity index (χ1n) is 10.4. The maximum Gasteiger partial charge on any atom is 0.276 e. The summed E-state index contributed by atoms with van der Waals surface area (Å²) in [5, 5.41) is 19.5. The molecule has 0 aliphatic carbocycles. The van der Waals surface area contributed by atoms with Crippen molar-refractivity contribution in [3.05, 3.63) is 46.6 Å². The Balaban J connectivity index is 1.48. The number of fused-ring (bicyclic) bond motifs is 1. The smallest absolute Gasteiger partial charge is 0.276 e. The fourth-order valence-corrected chi connectivity index (χ4v) is 5.86. The number of hydrogen-bond donors (Lipinski definition) is 2. The number of nitrogens with two attached hydrogens (primary N) is 1. The maximum atomic E-state index is 12.9. The van der Waals surface area contributed by atoms with Gasteiger partial charge in [0, 0.05) is 11.1 Å². The average molecular weight is 505 g/mol.